The van der Waals surface area contributed by atoms with Crippen molar-refractivity contribution in [1.29, 1.82) is 0 Å². The van der Waals surface area contributed by atoms with Gasteiger partial charge in [-0.1, -0.05) is 32.4 Å². The van der Waals surface area contributed by atoms with Crippen LogP contribution in [0.5, 0.6) is 0 Å². The smallest absolute Gasteiger partial charge is 0.0399 e. The van der Waals surface area contributed by atoms with Crippen LogP contribution in [0.15, 0.2) is 18.2 Å². The number of benzene rings is 1. The van der Waals surface area contributed by atoms with E-state index in [1.807, 2.05) is 0 Å². The molecule has 0 amide bonds. The minimum absolute atomic E-state index is 0.142. The van der Waals surface area contributed by atoms with Crippen LogP contribution in [0.3, 0.4) is 0 Å². The lowest BCUT2D eigenvalue weighted by molar-refractivity contribution is 0.517. The number of nitrogens with zero attached hydrogens (tertiary/aromatic N) is 1. The Morgan fingerprint density at radius 3 is 2.78 bits per heavy atom. The molecule has 2 N–H and O–H groups in total. The van der Waals surface area contributed by atoms with Gasteiger partial charge in [-0.2, -0.15) is 0 Å². The molecule has 0 spiro atoms. The Labute approximate surface area is 111 Å². The highest BCUT2D eigenvalue weighted by Crippen LogP contribution is 2.31. The summed E-state index contributed by atoms with van der Waals surface area (Å²) in [6.07, 6.45) is 3.78. The monoisotopic (exact) mass is 246 g/mol. The number of rotatable bonds is 5. The van der Waals surface area contributed by atoms with Crippen molar-refractivity contribution < 1.29 is 0 Å². The maximum absolute atomic E-state index is 5.95. The molecule has 18 heavy (non-hydrogen) atoms. The van der Waals surface area contributed by atoms with Crippen molar-refractivity contribution in [2.75, 3.05) is 18.0 Å². The Kier molecular flexibility index (Phi) is 4.28. The van der Waals surface area contributed by atoms with Crippen LogP contribution in [0.4, 0.5) is 5.69 Å². The average Bonchev–Trinajstić information content (AvgIpc) is 2.72. The highest BCUT2D eigenvalue weighted by Gasteiger charge is 2.20. The first-order valence-electron chi connectivity index (χ1n) is 7.25. The van der Waals surface area contributed by atoms with Crippen LogP contribution in [0.25, 0.3) is 0 Å². The van der Waals surface area contributed by atoms with Crippen LogP contribution in [0.1, 0.15) is 50.8 Å². The van der Waals surface area contributed by atoms with Gasteiger partial charge >= 0.3 is 0 Å². The second-order valence-electron chi connectivity index (χ2n) is 5.77. The molecule has 2 atom stereocenters. The van der Waals surface area contributed by atoms with Crippen LogP contribution < -0.4 is 10.6 Å². The Balaban J connectivity index is 2.09. The predicted molar refractivity (Wildman–Crippen MR) is 79.0 cm³/mol. The molecule has 1 aliphatic heterocycles. The van der Waals surface area contributed by atoms with E-state index in [0.29, 0.717) is 0 Å². The average molecular weight is 246 g/mol. The number of hydrogen-bond acceptors (Lipinski definition) is 2. The minimum atomic E-state index is 0.142. The van der Waals surface area contributed by atoms with Crippen LogP contribution in [-0.4, -0.2) is 13.1 Å². The SMILES string of the molecule is CCCC(C)CN1CCc2cc(C(C)N)ccc21. The van der Waals surface area contributed by atoms with E-state index in [0.717, 1.165) is 5.92 Å². The third kappa shape index (κ3) is 2.86. The largest absolute Gasteiger partial charge is 0.371 e. The lowest BCUT2D eigenvalue weighted by Gasteiger charge is -2.23. The molecule has 0 saturated heterocycles. The maximum Gasteiger partial charge on any atom is 0.0399 e. The van der Waals surface area contributed by atoms with Gasteiger partial charge in [0.2, 0.25) is 0 Å². The Hall–Kier alpha value is -1.02. The molecule has 2 rings (SSSR count). The molecule has 1 aliphatic rings. The van der Waals surface area contributed by atoms with Gasteiger partial charge in [0.1, 0.15) is 0 Å². The van der Waals surface area contributed by atoms with Crippen LogP contribution >= 0.6 is 0 Å². The first-order chi connectivity index (χ1) is 8.61. The van der Waals surface area contributed by atoms with Crippen molar-refractivity contribution in [3.63, 3.8) is 0 Å². The zero-order valence-electron chi connectivity index (χ0n) is 11.9. The molecule has 2 unspecified atom stereocenters. The molecular weight excluding hydrogens is 220 g/mol. The molecule has 2 heteroatoms. The summed E-state index contributed by atoms with van der Waals surface area (Å²) in [5.41, 5.74) is 10.1. The highest BCUT2D eigenvalue weighted by atomic mass is 15.1. The third-order valence-corrected chi connectivity index (χ3v) is 3.93. The summed E-state index contributed by atoms with van der Waals surface area (Å²) in [6.45, 7) is 9.04. The van der Waals surface area contributed by atoms with Crippen molar-refractivity contribution in [2.24, 2.45) is 11.7 Å². The summed E-state index contributed by atoms with van der Waals surface area (Å²) in [5.74, 6) is 0.786. The van der Waals surface area contributed by atoms with E-state index in [4.69, 9.17) is 5.73 Å². The van der Waals surface area contributed by atoms with Crippen molar-refractivity contribution in [3.05, 3.63) is 29.3 Å². The van der Waals surface area contributed by atoms with Crippen molar-refractivity contribution in [2.45, 2.75) is 46.1 Å². The number of nitrogens with two attached hydrogens (primary N) is 1. The van der Waals surface area contributed by atoms with E-state index < -0.39 is 0 Å². The maximum atomic E-state index is 5.95. The summed E-state index contributed by atoms with van der Waals surface area (Å²) in [4.78, 5) is 2.54. The molecule has 1 aromatic rings. The van der Waals surface area contributed by atoms with Gasteiger partial charge in [0, 0.05) is 24.8 Å². The molecule has 0 fully saturated rings. The van der Waals surface area contributed by atoms with Gasteiger partial charge in [0.05, 0.1) is 0 Å². The summed E-state index contributed by atoms with van der Waals surface area (Å²) < 4.78 is 0. The summed E-state index contributed by atoms with van der Waals surface area (Å²) in [7, 11) is 0. The zero-order valence-corrected chi connectivity index (χ0v) is 11.9. The fourth-order valence-electron chi connectivity index (χ4n) is 2.92. The molecule has 0 aliphatic carbocycles. The quantitative estimate of drug-likeness (QED) is 0.861. The van der Waals surface area contributed by atoms with Gasteiger partial charge in [0.25, 0.3) is 0 Å². The fraction of sp³-hybridized carbons (Fsp3) is 0.625. The van der Waals surface area contributed by atoms with Crippen LogP contribution in [0, 0.1) is 5.92 Å². The molecular formula is C16H26N2. The van der Waals surface area contributed by atoms with Crippen molar-refractivity contribution in [1.82, 2.24) is 0 Å². The second-order valence-corrected chi connectivity index (χ2v) is 5.77. The topological polar surface area (TPSA) is 29.3 Å². The summed E-state index contributed by atoms with van der Waals surface area (Å²) >= 11 is 0. The van der Waals surface area contributed by atoms with Crippen LogP contribution in [0.2, 0.25) is 0 Å². The Morgan fingerprint density at radius 1 is 1.33 bits per heavy atom. The lowest BCUT2D eigenvalue weighted by atomic mass is 10.0. The number of hydrogen-bond donors (Lipinski definition) is 1. The molecule has 1 aromatic carbocycles. The van der Waals surface area contributed by atoms with E-state index in [2.05, 4.69) is 43.9 Å². The van der Waals surface area contributed by atoms with Gasteiger partial charge in [-0.3, -0.25) is 0 Å². The highest BCUT2D eigenvalue weighted by molar-refractivity contribution is 5.59. The van der Waals surface area contributed by atoms with E-state index in [-0.39, 0.29) is 6.04 Å². The summed E-state index contributed by atoms with van der Waals surface area (Å²) in [6, 6.07) is 6.89. The number of anilines is 1. The zero-order chi connectivity index (χ0) is 13.1. The second kappa shape index (κ2) is 5.75. The fourth-order valence-corrected chi connectivity index (χ4v) is 2.92. The van der Waals surface area contributed by atoms with Gasteiger partial charge in [-0.25, -0.2) is 0 Å². The molecule has 1 heterocycles. The van der Waals surface area contributed by atoms with Gasteiger partial charge < -0.3 is 10.6 Å². The molecule has 100 valence electrons. The lowest BCUT2D eigenvalue weighted by Crippen LogP contribution is -2.26. The predicted octanol–water partition coefficient (Wildman–Crippen LogP) is 3.51. The normalized spacial score (nSPS) is 17.7. The molecule has 0 bridgehead atoms. The van der Waals surface area contributed by atoms with E-state index >= 15 is 0 Å². The van der Waals surface area contributed by atoms with E-state index in [1.165, 1.54) is 49.2 Å². The molecule has 0 saturated carbocycles. The minimum Gasteiger partial charge on any atom is -0.371 e. The summed E-state index contributed by atoms with van der Waals surface area (Å²) in [5, 5.41) is 0. The molecule has 0 radical (unpaired) electrons. The first kappa shape index (κ1) is 13.4. The Morgan fingerprint density at radius 2 is 2.11 bits per heavy atom. The Bertz CT molecular complexity index is 398. The van der Waals surface area contributed by atoms with Gasteiger partial charge in [-0.15, -0.1) is 0 Å². The van der Waals surface area contributed by atoms with E-state index in [1.54, 1.807) is 0 Å². The van der Waals surface area contributed by atoms with Crippen molar-refractivity contribution in [3.8, 4) is 0 Å². The van der Waals surface area contributed by atoms with Crippen LogP contribution in [-0.2, 0) is 6.42 Å². The van der Waals surface area contributed by atoms with E-state index in [9.17, 15) is 0 Å². The van der Waals surface area contributed by atoms with Gasteiger partial charge in [0.15, 0.2) is 0 Å². The van der Waals surface area contributed by atoms with Gasteiger partial charge in [-0.05, 0) is 42.9 Å². The molecule has 2 nitrogen and oxygen atoms in total. The first-order valence-corrected chi connectivity index (χ1v) is 7.25. The molecule has 0 aromatic heterocycles. The standard InChI is InChI=1S/C16H26N2/c1-4-5-12(2)11-18-9-8-15-10-14(13(3)17)6-7-16(15)18/h6-7,10,12-13H,4-5,8-9,11,17H2,1-3H3. The number of fused-ring (bicyclic) bond motifs is 1. The van der Waals surface area contributed by atoms with Crippen molar-refractivity contribution >= 4 is 5.69 Å². The third-order valence-electron chi connectivity index (χ3n) is 3.93.